The van der Waals surface area contributed by atoms with Gasteiger partial charge in [-0.15, -0.1) is 0 Å². The van der Waals surface area contributed by atoms with Crippen molar-refractivity contribution in [3.05, 3.63) is 12.4 Å². The molecule has 4 heteroatoms. The molecule has 0 atom stereocenters. The molecule has 0 saturated carbocycles. The third kappa shape index (κ3) is 2.50. The molecule has 0 radical (unpaired) electrons. The van der Waals surface area contributed by atoms with E-state index in [4.69, 9.17) is 4.74 Å². The van der Waals surface area contributed by atoms with Crippen molar-refractivity contribution in [2.24, 2.45) is 0 Å². The Morgan fingerprint density at radius 3 is 2.87 bits per heavy atom. The van der Waals surface area contributed by atoms with Crippen molar-refractivity contribution in [3.63, 3.8) is 0 Å². The Morgan fingerprint density at radius 2 is 2.20 bits per heavy atom. The Labute approximate surface area is 90.6 Å². The Hall–Kier alpha value is -1.03. The first kappa shape index (κ1) is 10.5. The second kappa shape index (κ2) is 4.66. The summed E-state index contributed by atoms with van der Waals surface area (Å²) in [5, 5.41) is 3.48. The van der Waals surface area contributed by atoms with Crippen LogP contribution < -0.4 is 5.32 Å². The van der Waals surface area contributed by atoms with Crippen LogP contribution in [0.4, 0.5) is 5.95 Å². The fourth-order valence-electron chi connectivity index (χ4n) is 1.87. The molecule has 0 spiro atoms. The van der Waals surface area contributed by atoms with Crippen LogP contribution in [0.15, 0.2) is 12.4 Å². The predicted molar refractivity (Wildman–Crippen MR) is 60.1 cm³/mol. The van der Waals surface area contributed by atoms with Crippen LogP contribution in [-0.2, 0) is 4.74 Å². The zero-order chi connectivity index (χ0) is 10.7. The smallest absolute Gasteiger partial charge is 0.203 e. The Bertz CT molecular complexity index is 303. The number of rotatable bonds is 3. The van der Waals surface area contributed by atoms with E-state index in [1.54, 1.807) is 0 Å². The molecule has 0 unspecified atom stereocenters. The van der Waals surface area contributed by atoms with Crippen molar-refractivity contribution in [3.8, 4) is 0 Å². The van der Waals surface area contributed by atoms with Gasteiger partial charge in [-0.25, -0.2) is 4.98 Å². The van der Waals surface area contributed by atoms with Gasteiger partial charge in [0, 0.05) is 37.7 Å². The molecule has 1 aromatic rings. The fourth-order valence-corrected chi connectivity index (χ4v) is 1.87. The van der Waals surface area contributed by atoms with E-state index in [1.807, 2.05) is 12.4 Å². The number of hydrogen-bond donors (Lipinski definition) is 1. The van der Waals surface area contributed by atoms with Gasteiger partial charge in [-0.05, 0) is 26.7 Å². The van der Waals surface area contributed by atoms with Gasteiger partial charge in [0.25, 0.3) is 0 Å². The van der Waals surface area contributed by atoms with Gasteiger partial charge in [0.2, 0.25) is 5.95 Å². The molecular formula is C11H19N3O. The third-order valence-electron chi connectivity index (χ3n) is 2.78. The van der Waals surface area contributed by atoms with Gasteiger partial charge in [0.1, 0.15) is 0 Å². The number of anilines is 1. The molecule has 1 fully saturated rings. The Morgan fingerprint density at radius 1 is 1.47 bits per heavy atom. The maximum absolute atomic E-state index is 5.33. The zero-order valence-corrected chi connectivity index (χ0v) is 9.44. The lowest BCUT2D eigenvalue weighted by molar-refractivity contribution is 0.0902. The van der Waals surface area contributed by atoms with E-state index in [0.717, 1.165) is 32.0 Å². The van der Waals surface area contributed by atoms with E-state index in [9.17, 15) is 0 Å². The zero-order valence-electron chi connectivity index (χ0n) is 9.44. The predicted octanol–water partition coefficient (Wildman–Crippen LogP) is 2.05. The fraction of sp³-hybridized carbons (Fsp3) is 0.727. The van der Waals surface area contributed by atoms with E-state index in [0.29, 0.717) is 12.1 Å². The molecule has 1 aliphatic heterocycles. The van der Waals surface area contributed by atoms with Crippen molar-refractivity contribution in [1.29, 1.82) is 0 Å². The lowest BCUT2D eigenvalue weighted by Crippen LogP contribution is -2.29. The summed E-state index contributed by atoms with van der Waals surface area (Å²) in [6.07, 6.45) is 6.02. The number of ether oxygens (including phenoxy) is 1. The summed E-state index contributed by atoms with van der Waals surface area (Å²) >= 11 is 0. The second-order valence-corrected chi connectivity index (χ2v) is 4.28. The highest BCUT2D eigenvalue weighted by atomic mass is 16.5. The molecule has 84 valence electrons. The summed E-state index contributed by atoms with van der Waals surface area (Å²) in [4.78, 5) is 4.34. The summed E-state index contributed by atoms with van der Waals surface area (Å²) in [5.41, 5.74) is 0. The van der Waals surface area contributed by atoms with Crippen molar-refractivity contribution in [1.82, 2.24) is 9.55 Å². The average molecular weight is 209 g/mol. The van der Waals surface area contributed by atoms with Gasteiger partial charge in [-0.1, -0.05) is 0 Å². The minimum Gasteiger partial charge on any atom is -0.381 e. The molecular weight excluding hydrogens is 190 g/mol. The first-order valence-corrected chi connectivity index (χ1v) is 5.64. The largest absolute Gasteiger partial charge is 0.381 e. The minimum absolute atomic E-state index is 0.454. The monoisotopic (exact) mass is 209 g/mol. The molecule has 1 N–H and O–H groups in total. The van der Waals surface area contributed by atoms with Crippen LogP contribution >= 0.6 is 0 Å². The van der Waals surface area contributed by atoms with Crippen molar-refractivity contribution in [2.45, 2.75) is 38.8 Å². The lowest BCUT2D eigenvalue weighted by Gasteiger charge is -2.24. The van der Waals surface area contributed by atoms with Crippen molar-refractivity contribution < 1.29 is 4.74 Å². The molecule has 15 heavy (non-hydrogen) atoms. The van der Waals surface area contributed by atoms with Crippen LogP contribution in [-0.4, -0.2) is 28.8 Å². The summed E-state index contributed by atoms with van der Waals surface area (Å²) in [5.74, 6) is 0.983. The van der Waals surface area contributed by atoms with E-state index in [-0.39, 0.29) is 0 Å². The quantitative estimate of drug-likeness (QED) is 0.828. The summed E-state index contributed by atoms with van der Waals surface area (Å²) in [6, 6.07) is 0.966. The highest BCUT2D eigenvalue weighted by Gasteiger charge is 2.15. The molecule has 0 amide bonds. The number of aromatic nitrogens is 2. The highest BCUT2D eigenvalue weighted by molar-refractivity contribution is 5.28. The Balaban J connectivity index is 1.99. The van der Waals surface area contributed by atoms with Gasteiger partial charge in [0.05, 0.1) is 0 Å². The molecule has 2 heterocycles. The molecule has 1 aromatic heterocycles. The highest BCUT2D eigenvalue weighted by Crippen LogP contribution is 2.16. The van der Waals surface area contributed by atoms with E-state index in [2.05, 4.69) is 28.7 Å². The summed E-state index contributed by atoms with van der Waals surface area (Å²) in [6.45, 7) is 6.05. The molecule has 0 aromatic carbocycles. The van der Waals surface area contributed by atoms with Gasteiger partial charge in [0.15, 0.2) is 0 Å². The molecule has 0 aliphatic carbocycles. The standard InChI is InChI=1S/C11H19N3O/c1-9(2)14-6-5-12-11(14)13-10-3-7-15-8-4-10/h5-6,9-10H,3-4,7-8H2,1-2H3,(H,12,13). The van der Waals surface area contributed by atoms with Crippen LogP contribution in [0.25, 0.3) is 0 Å². The van der Waals surface area contributed by atoms with Crippen molar-refractivity contribution in [2.75, 3.05) is 18.5 Å². The van der Waals surface area contributed by atoms with Crippen molar-refractivity contribution >= 4 is 5.95 Å². The minimum atomic E-state index is 0.454. The topological polar surface area (TPSA) is 39.1 Å². The van der Waals surface area contributed by atoms with Crippen LogP contribution in [0, 0.1) is 0 Å². The molecule has 4 nitrogen and oxygen atoms in total. The number of nitrogens with one attached hydrogen (secondary N) is 1. The summed E-state index contributed by atoms with van der Waals surface area (Å²) in [7, 11) is 0. The molecule has 0 bridgehead atoms. The first-order valence-electron chi connectivity index (χ1n) is 5.64. The maximum atomic E-state index is 5.33. The maximum Gasteiger partial charge on any atom is 0.203 e. The first-order chi connectivity index (χ1) is 7.27. The van der Waals surface area contributed by atoms with Gasteiger partial charge in [-0.2, -0.15) is 0 Å². The average Bonchev–Trinajstić information content (AvgIpc) is 2.67. The van der Waals surface area contributed by atoms with Gasteiger partial charge in [-0.3, -0.25) is 0 Å². The van der Waals surface area contributed by atoms with E-state index >= 15 is 0 Å². The Kier molecular flexibility index (Phi) is 3.26. The van der Waals surface area contributed by atoms with Crippen LogP contribution in [0.5, 0.6) is 0 Å². The summed E-state index contributed by atoms with van der Waals surface area (Å²) < 4.78 is 7.49. The van der Waals surface area contributed by atoms with Crippen LogP contribution in [0.3, 0.4) is 0 Å². The van der Waals surface area contributed by atoms with E-state index < -0.39 is 0 Å². The third-order valence-corrected chi connectivity index (χ3v) is 2.78. The van der Waals surface area contributed by atoms with Crippen LogP contribution in [0.2, 0.25) is 0 Å². The number of imidazole rings is 1. The second-order valence-electron chi connectivity index (χ2n) is 4.28. The molecule has 1 saturated heterocycles. The van der Waals surface area contributed by atoms with Gasteiger partial charge < -0.3 is 14.6 Å². The van der Waals surface area contributed by atoms with Crippen LogP contribution in [0.1, 0.15) is 32.7 Å². The number of nitrogens with zero attached hydrogens (tertiary/aromatic N) is 2. The number of hydrogen-bond acceptors (Lipinski definition) is 3. The molecule has 1 aliphatic rings. The van der Waals surface area contributed by atoms with Gasteiger partial charge >= 0.3 is 0 Å². The SMILES string of the molecule is CC(C)n1ccnc1NC1CCOCC1. The van der Waals surface area contributed by atoms with E-state index in [1.165, 1.54) is 0 Å². The lowest BCUT2D eigenvalue weighted by atomic mass is 10.1. The normalized spacial score (nSPS) is 18.3. The molecule has 2 rings (SSSR count).